The molecule has 6 aromatic carbocycles. The van der Waals surface area contributed by atoms with Crippen molar-refractivity contribution in [2.45, 2.75) is 5.41 Å². The van der Waals surface area contributed by atoms with E-state index < -0.39 is 5.41 Å². The SMILES string of the molecule is c1ccc(-c2ccc(-c3cc4c(cc3-c3cc(-c5ccccn5)nc(-c5ccccn5)c3)-c3ccccc3C4(c3ccccc3)c3ccccc3)cc2)cc1. The largest absolute Gasteiger partial charge is 0.255 e. The van der Waals surface area contributed by atoms with E-state index >= 15 is 0 Å². The molecule has 0 fully saturated rings. The highest BCUT2D eigenvalue weighted by atomic mass is 14.8. The summed E-state index contributed by atoms with van der Waals surface area (Å²) in [5.41, 5.74) is 17.0. The Morgan fingerprint density at radius 3 is 1.36 bits per heavy atom. The number of nitrogens with zero attached hydrogens (tertiary/aromatic N) is 3. The van der Waals surface area contributed by atoms with Gasteiger partial charge in [0.2, 0.25) is 0 Å². The summed E-state index contributed by atoms with van der Waals surface area (Å²) in [6.45, 7) is 0. The fourth-order valence-electron chi connectivity index (χ4n) is 8.42. The molecule has 0 unspecified atom stereocenters. The minimum atomic E-state index is -0.526. The topological polar surface area (TPSA) is 38.7 Å². The zero-order valence-corrected chi connectivity index (χ0v) is 30.0. The average molecular weight is 702 g/mol. The van der Waals surface area contributed by atoms with Crippen LogP contribution in [0.1, 0.15) is 22.3 Å². The first kappa shape index (κ1) is 32.4. The second kappa shape index (κ2) is 13.6. The van der Waals surface area contributed by atoms with Crippen molar-refractivity contribution < 1.29 is 0 Å². The van der Waals surface area contributed by atoms with Gasteiger partial charge in [0, 0.05) is 12.4 Å². The molecule has 3 nitrogen and oxygen atoms in total. The third-order valence-electron chi connectivity index (χ3n) is 10.9. The van der Waals surface area contributed by atoms with Crippen molar-refractivity contribution in [2.75, 3.05) is 0 Å². The molecule has 1 aliphatic carbocycles. The summed E-state index contributed by atoms with van der Waals surface area (Å²) in [4.78, 5) is 14.6. The van der Waals surface area contributed by atoms with Gasteiger partial charge in [-0.25, -0.2) is 4.98 Å². The second-order valence-electron chi connectivity index (χ2n) is 14.0. The van der Waals surface area contributed by atoms with Gasteiger partial charge in [-0.05, 0) is 115 Å². The van der Waals surface area contributed by atoms with Crippen LogP contribution in [0.15, 0.2) is 213 Å². The third-order valence-corrected chi connectivity index (χ3v) is 10.9. The average Bonchev–Trinajstić information content (AvgIpc) is 3.57. The summed E-state index contributed by atoms with van der Waals surface area (Å²) in [7, 11) is 0. The summed E-state index contributed by atoms with van der Waals surface area (Å²) in [5, 5.41) is 0. The lowest BCUT2D eigenvalue weighted by atomic mass is 9.67. The minimum absolute atomic E-state index is 0.526. The number of fused-ring (bicyclic) bond motifs is 3. The zero-order valence-electron chi connectivity index (χ0n) is 30.0. The van der Waals surface area contributed by atoms with E-state index in [0.29, 0.717) is 0 Å². The predicted molar refractivity (Wildman–Crippen MR) is 224 cm³/mol. The maximum Gasteiger partial charge on any atom is 0.0900 e. The zero-order chi connectivity index (χ0) is 36.6. The molecule has 9 aromatic rings. The molecule has 258 valence electrons. The van der Waals surface area contributed by atoms with Crippen molar-refractivity contribution in [2.24, 2.45) is 0 Å². The van der Waals surface area contributed by atoms with Crippen LogP contribution in [0.4, 0.5) is 0 Å². The summed E-state index contributed by atoms with van der Waals surface area (Å²) < 4.78 is 0. The van der Waals surface area contributed by atoms with Gasteiger partial charge >= 0.3 is 0 Å². The van der Waals surface area contributed by atoms with E-state index in [1.807, 2.05) is 48.8 Å². The van der Waals surface area contributed by atoms with E-state index in [-0.39, 0.29) is 0 Å². The molecule has 3 heterocycles. The van der Waals surface area contributed by atoms with Crippen molar-refractivity contribution in [3.05, 3.63) is 235 Å². The fraction of sp³-hybridized carbons (Fsp3) is 0.0192. The van der Waals surface area contributed by atoms with Gasteiger partial charge in [0.25, 0.3) is 0 Å². The van der Waals surface area contributed by atoms with E-state index in [9.17, 15) is 0 Å². The molecule has 1 aliphatic rings. The highest BCUT2D eigenvalue weighted by Crippen LogP contribution is 2.58. The Hall–Kier alpha value is -7.23. The summed E-state index contributed by atoms with van der Waals surface area (Å²) in [6, 6.07) is 71.7. The highest BCUT2D eigenvalue weighted by molar-refractivity contribution is 5.96. The molecule has 0 saturated carbocycles. The van der Waals surface area contributed by atoms with Crippen LogP contribution in [0, 0.1) is 0 Å². The van der Waals surface area contributed by atoms with Crippen LogP contribution in [0.3, 0.4) is 0 Å². The smallest absolute Gasteiger partial charge is 0.0900 e. The monoisotopic (exact) mass is 701 g/mol. The van der Waals surface area contributed by atoms with Gasteiger partial charge in [-0.15, -0.1) is 0 Å². The van der Waals surface area contributed by atoms with Gasteiger partial charge in [-0.1, -0.05) is 152 Å². The van der Waals surface area contributed by atoms with Crippen LogP contribution in [0.2, 0.25) is 0 Å². The Balaban J connectivity index is 1.29. The summed E-state index contributed by atoms with van der Waals surface area (Å²) in [6.07, 6.45) is 3.64. The molecule has 0 spiro atoms. The molecule has 0 atom stereocenters. The summed E-state index contributed by atoms with van der Waals surface area (Å²) >= 11 is 0. The Labute approximate surface area is 321 Å². The highest BCUT2D eigenvalue weighted by Gasteiger charge is 2.46. The Bertz CT molecular complexity index is 2670. The van der Waals surface area contributed by atoms with E-state index in [1.165, 1.54) is 44.5 Å². The maximum absolute atomic E-state index is 5.13. The van der Waals surface area contributed by atoms with Crippen LogP contribution in [-0.4, -0.2) is 15.0 Å². The maximum atomic E-state index is 5.13. The molecule has 0 radical (unpaired) electrons. The van der Waals surface area contributed by atoms with Crippen LogP contribution in [0.25, 0.3) is 67.3 Å². The number of hydrogen-bond donors (Lipinski definition) is 0. The lowest BCUT2D eigenvalue weighted by Crippen LogP contribution is -2.28. The van der Waals surface area contributed by atoms with Crippen LogP contribution in [0.5, 0.6) is 0 Å². The number of benzene rings is 6. The molecule has 0 bridgehead atoms. The van der Waals surface area contributed by atoms with Gasteiger partial charge < -0.3 is 0 Å². The first-order valence-electron chi connectivity index (χ1n) is 18.7. The van der Waals surface area contributed by atoms with E-state index in [4.69, 9.17) is 15.0 Å². The van der Waals surface area contributed by atoms with Crippen molar-refractivity contribution in [3.8, 4) is 67.3 Å². The number of aromatic nitrogens is 3. The van der Waals surface area contributed by atoms with Crippen molar-refractivity contribution >= 4 is 0 Å². The molecule has 10 rings (SSSR count). The molecule has 55 heavy (non-hydrogen) atoms. The third kappa shape index (κ3) is 5.57. The molecule has 0 amide bonds. The molecule has 0 aliphatic heterocycles. The fourth-order valence-corrected chi connectivity index (χ4v) is 8.42. The second-order valence-corrected chi connectivity index (χ2v) is 14.0. The molecule has 0 saturated heterocycles. The van der Waals surface area contributed by atoms with E-state index in [2.05, 4.69) is 164 Å². The number of hydrogen-bond acceptors (Lipinski definition) is 3. The Morgan fingerprint density at radius 2 is 0.782 bits per heavy atom. The van der Waals surface area contributed by atoms with Crippen molar-refractivity contribution in [1.29, 1.82) is 0 Å². The van der Waals surface area contributed by atoms with Crippen molar-refractivity contribution in [3.63, 3.8) is 0 Å². The minimum Gasteiger partial charge on any atom is -0.255 e. The van der Waals surface area contributed by atoms with Crippen LogP contribution < -0.4 is 0 Å². The quantitative estimate of drug-likeness (QED) is 0.166. The molecular formula is C52H35N3. The van der Waals surface area contributed by atoms with Gasteiger partial charge in [-0.3, -0.25) is 9.97 Å². The summed E-state index contributed by atoms with van der Waals surface area (Å²) in [5.74, 6) is 0. The number of pyridine rings is 3. The lowest BCUT2D eigenvalue weighted by Gasteiger charge is -2.34. The van der Waals surface area contributed by atoms with Gasteiger partial charge in [0.1, 0.15) is 0 Å². The molecule has 3 heteroatoms. The van der Waals surface area contributed by atoms with Gasteiger partial charge in [0.15, 0.2) is 0 Å². The number of rotatable bonds is 7. The standard InChI is InChI=1S/C52H35N3/c1-4-16-36(17-5-1)37-26-28-38(29-27-37)44-35-47-45(42-22-10-11-23-46(42)52(47,40-18-6-2-7-19-40)41-20-8-3-9-21-41)34-43(44)39-32-50(48-24-12-14-30-53-48)55-51(33-39)49-25-13-15-31-54-49/h1-35H. The Kier molecular flexibility index (Phi) is 8.04. The first-order chi connectivity index (χ1) is 27.3. The van der Waals surface area contributed by atoms with Crippen LogP contribution >= 0.6 is 0 Å². The normalized spacial score (nSPS) is 12.5. The van der Waals surface area contributed by atoms with E-state index in [0.717, 1.165) is 45.0 Å². The Morgan fingerprint density at radius 1 is 0.291 bits per heavy atom. The lowest BCUT2D eigenvalue weighted by molar-refractivity contribution is 0.769. The molecule has 3 aromatic heterocycles. The van der Waals surface area contributed by atoms with E-state index in [1.54, 1.807) is 0 Å². The van der Waals surface area contributed by atoms with Crippen LogP contribution in [-0.2, 0) is 5.41 Å². The van der Waals surface area contributed by atoms with Gasteiger partial charge in [-0.2, -0.15) is 0 Å². The van der Waals surface area contributed by atoms with Crippen molar-refractivity contribution in [1.82, 2.24) is 15.0 Å². The molecule has 0 N–H and O–H groups in total. The first-order valence-corrected chi connectivity index (χ1v) is 18.7. The molecular weight excluding hydrogens is 667 g/mol. The van der Waals surface area contributed by atoms with Gasteiger partial charge in [0.05, 0.1) is 28.2 Å². The predicted octanol–water partition coefficient (Wildman–Crippen LogP) is 12.6.